The molecule has 0 amide bonds. The van der Waals surface area contributed by atoms with Gasteiger partial charge in [-0.15, -0.1) is 0 Å². The number of primary sulfonamides is 1. The summed E-state index contributed by atoms with van der Waals surface area (Å²) >= 11 is 0. The predicted molar refractivity (Wildman–Crippen MR) is 104 cm³/mol. The summed E-state index contributed by atoms with van der Waals surface area (Å²) in [6.45, 7) is 1.67. The van der Waals surface area contributed by atoms with Gasteiger partial charge < -0.3 is 4.90 Å². The van der Waals surface area contributed by atoms with E-state index in [1.807, 2.05) is 18.3 Å². The van der Waals surface area contributed by atoms with Gasteiger partial charge in [0.25, 0.3) is 10.0 Å². The normalized spacial score (nSPS) is 21.2. The summed E-state index contributed by atoms with van der Waals surface area (Å²) in [5.74, 6) is 0.456. The molecule has 2 saturated heterocycles. The minimum absolute atomic E-state index is 0.130. The van der Waals surface area contributed by atoms with Crippen LogP contribution in [0.5, 0.6) is 0 Å². The molecule has 0 bridgehead atoms. The standard InChI is InChI=1S/C17H24N8O2S/c18-28(26,27)17-15(16-21-23-24-22-16)14(5-7-20-17)25-8-2-4-13(11-25)9-12-3-1-6-19-10-12/h1,3,5-7,10,13,16,21-24H,2,4,8-9,11H2,(H2,18,26,27). The molecule has 2 aromatic heterocycles. The van der Waals surface area contributed by atoms with E-state index in [-0.39, 0.29) is 5.03 Å². The molecule has 28 heavy (non-hydrogen) atoms. The number of nitrogens with one attached hydrogen (secondary N) is 4. The minimum Gasteiger partial charge on any atom is -0.371 e. The van der Waals surface area contributed by atoms with Crippen molar-refractivity contribution in [1.29, 1.82) is 0 Å². The van der Waals surface area contributed by atoms with Gasteiger partial charge in [-0.25, -0.2) is 29.4 Å². The molecule has 2 aliphatic rings. The van der Waals surface area contributed by atoms with Crippen molar-refractivity contribution in [2.75, 3.05) is 18.0 Å². The number of anilines is 1. The summed E-state index contributed by atoms with van der Waals surface area (Å²) in [5, 5.41) is 5.31. The van der Waals surface area contributed by atoms with Crippen LogP contribution in [0.4, 0.5) is 5.69 Å². The van der Waals surface area contributed by atoms with Crippen molar-refractivity contribution >= 4 is 15.7 Å². The average molecular weight is 404 g/mol. The van der Waals surface area contributed by atoms with Crippen molar-refractivity contribution < 1.29 is 8.42 Å². The van der Waals surface area contributed by atoms with Crippen LogP contribution in [0.1, 0.15) is 30.1 Å². The fraction of sp³-hybridized carbons (Fsp3) is 0.412. The molecule has 4 rings (SSSR count). The van der Waals surface area contributed by atoms with Crippen molar-refractivity contribution in [1.82, 2.24) is 31.9 Å². The smallest absolute Gasteiger partial charge is 0.255 e. The van der Waals surface area contributed by atoms with Gasteiger partial charge in [0.05, 0.1) is 0 Å². The number of hydrogen-bond acceptors (Lipinski definition) is 9. The molecular weight excluding hydrogens is 380 g/mol. The van der Waals surface area contributed by atoms with Crippen molar-refractivity contribution in [2.45, 2.75) is 30.5 Å². The molecule has 2 aromatic rings. The summed E-state index contributed by atoms with van der Waals surface area (Å²) in [4.78, 5) is 10.5. The molecule has 150 valence electrons. The third-order valence-electron chi connectivity index (χ3n) is 5.09. The number of piperidine rings is 1. The van der Waals surface area contributed by atoms with Crippen LogP contribution in [0.25, 0.3) is 0 Å². The number of pyridine rings is 2. The molecule has 1 atom stereocenters. The van der Waals surface area contributed by atoms with Crippen LogP contribution in [-0.4, -0.2) is 31.5 Å². The van der Waals surface area contributed by atoms with Gasteiger partial charge in [-0.2, -0.15) is 11.1 Å². The second-order valence-corrected chi connectivity index (χ2v) is 8.56. The largest absolute Gasteiger partial charge is 0.371 e. The summed E-state index contributed by atoms with van der Waals surface area (Å²) in [5.41, 5.74) is 13.9. The molecule has 0 aromatic carbocycles. The second-order valence-electron chi connectivity index (χ2n) is 7.09. The summed E-state index contributed by atoms with van der Waals surface area (Å²) in [6.07, 6.45) is 7.78. The van der Waals surface area contributed by atoms with E-state index in [1.54, 1.807) is 6.20 Å². The summed E-state index contributed by atoms with van der Waals surface area (Å²) in [6, 6.07) is 5.89. The van der Waals surface area contributed by atoms with E-state index in [0.29, 0.717) is 11.5 Å². The van der Waals surface area contributed by atoms with Gasteiger partial charge in [0.1, 0.15) is 6.17 Å². The van der Waals surface area contributed by atoms with Gasteiger partial charge in [0.2, 0.25) is 0 Å². The Morgan fingerprint density at radius 1 is 1.21 bits per heavy atom. The number of rotatable bonds is 5. The molecule has 0 aliphatic carbocycles. The molecule has 10 nitrogen and oxygen atoms in total. The minimum atomic E-state index is -3.98. The molecule has 6 N–H and O–H groups in total. The zero-order valence-electron chi connectivity index (χ0n) is 15.3. The molecule has 11 heteroatoms. The molecule has 2 fully saturated rings. The van der Waals surface area contributed by atoms with E-state index in [2.05, 4.69) is 42.9 Å². The highest BCUT2D eigenvalue weighted by atomic mass is 32.2. The molecule has 0 spiro atoms. The molecule has 0 saturated carbocycles. The predicted octanol–water partition coefficient (Wildman–Crippen LogP) is -0.301. The lowest BCUT2D eigenvalue weighted by atomic mass is 9.91. The Morgan fingerprint density at radius 2 is 2.04 bits per heavy atom. The van der Waals surface area contributed by atoms with Crippen LogP contribution in [0, 0.1) is 5.92 Å². The van der Waals surface area contributed by atoms with Crippen LogP contribution in [0.3, 0.4) is 0 Å². The van der Waals surface area contributed by atoms with E-state index >= 15 is 0 Å². The highest BCUT2D eigenvalue weighted by molar-refractivity contribution is 7.89. The van der Waals surface area contributed by atoms with Gasteiger partial charge in [-0.3, -0.25) is 4.98 Å². The van der Waals surface area contributed by atoms with E-state index < -0.39 is 16.2 Å². The number of sulfonamides is 1. The SMILES string of the molecule is NS(=O)(=O)c1nccc(N2CCCC(Cc3cccnc3)C2)c1C1NNNN1. The van der Waals surface area contributed by atoms with E-state index in [1.165, 1.54) is 11.8 Å². The summed E-state index contributed by atoms with van der Waals surface area (Å²) < 4.78 is 24.3. The van der Waals surface area contributed by atoms with Crippen molar-refractivity contribution in [3.8, 4) is 0 Å². The van der Waals surface area contributed by atoms with Gasteiger partial charge in [-0.1, -0.05) is 6.07 Å². The maximum atomic E-state index is 12.1. The van der Waals surface area contributed by atoms with Crippen LogP contribution in [0.15, 0.2) is 41.8 Å². The van der Waals surface area contributed by atoms with Crippen LogP contribution in [0.2, 0.25) is 0 Å². The van der Waals surface area contributed by atoms with Crippen molar-refractivity contribution in [3.05, 3.63) is 47.9 Å². The quantitative estimate of drug-likeness (QED) is 0.455. The Bertz CT molecular complexity index is 918. The maximum Gasteiger partial charge on any atom is 0.255 e. The van der Waals surface area contributed by atoms with E-state index in [4.69, 9.17) is 5.14 Å². The van der Waals surface area contributed by atoms with Gasteiger partial charge in [-0.05, 0) is 42.9 Å². The van der Waals surface area contributed by atoms with Crippen molar-refractivity contribution in [3.63, 3.8) is 0 Å². The molecule has 2 aliphatic heterocycles. The van der Waals surface area contributed by atoms with Crippen LogP contribution < -0.4 is 32.0 Å². The summed E-state index contributed by atoms with van der Waals surface area (Å²) in [7, 11) is -3.98. The van der Waals surface area contributed by atoms with Crippen molar-refractivity contribution in [2.24, 2.45) is 11.1 Å². The lowest BCUT2D eigenvalue weighted by Crippen LogP contribution is -2.39. The third-order valence-corrected chi connectivity index (χ3v) is 5.96. The Labute approximate surface area is 163 Å². The number of hydrogen-bond donors (Lipinski definition) is 5. The lowest BCUT2D eigenvalue weighted by molar-refractivity contribution is 0.410. The zero-order chi connectivity index (χ0) is 19.6. The van der Waals surface area contributed by atoms with Gasteiger partial charge in [0.15, 0.2) is 5.03 Å². The van der Waals surface area contributed by atoms with Crippen LogP contribution >= 0.6 is 0 Å². The molecule has 1 unspecified atom stereocenters. The first-order valence-electron chi connectivity index (χ1n) is 9.19. The first kappa shape index (κ1) is 19.2. The zero-order valence-corrected chi connectivity index (χ0v) is 16.1. The number of hydrazine groups is 3. The molecular formula is C17H24N8O2S. The second kappa shape index (κ2) is 8.07. The van der Waals surface area contributed by atoms with Gasteiger partial charge in [0, 0.05) is 42.9 Å². The lowest BCUT2D eigenvalue weighted by Gasteiger charge is -2.36. The van der Waals surface area contributed by atoms with Gasteiger partial charge >= 0.3 is 0 Å². The average Bonchev–Trinajstić information content (AvgIpc) is 3.22. The Morgan fingerprint density at radius 3 is 2.75 bits per heavy atom. The number of nitrogens with two attached hydrogens (primary N) is 1. The monoisotopic (exact) mass is 404 g/mol. The van der Waals surface area contributed by atoms with Crippen LogP contribution in [-0.2, 0) is 16.4 Å². The highest BCUT2D eigenvalue weighted by Gasteiger charge is 2.31. The topological polar surface area (TPSA) is 137 Å². The first-order chi connectivity index (χ1) is 13.5. The molecule has 4 heterocycles. The Hall–Kier alpha value is -2.15. The maximum absolute atomic E-state index is 12.1. The third kappa shape index (κ3) is 4.14. The molecule has 0 radical (unpaired) electrons. The fourth-order valence-corrected chi connectivity index (χ4v) is 4.65. The number of aromatic nitrogens is 2. The highest BCUT2D eigenvalue weighted by Crippen LogP contribution is 2.33. The van der Waals surface area contributed by atoms with E-state index in [9.17, 15) is 8.42 Å². The Balaban J connectivity index is 1.64. The van der Waals surface area contributed by atoms with E-state index in [0.717, 1.165) is 38.0 Å². The first-order valence-corrected chi connectivity index (χ1v) is 10.7. The fourth-order valence-electron chi connectivity index (χ4n) is 3.92. The number of nitrogens with zero attached hydrogens (tertiary/aromatic N) is 3. The Kier molecular flexibility index (Phi) is 5.53.